The Labute approximate surface area is 179 Å². The number of carboxylic acid groups (broad SMARTS) is 1. The molecule has 0 saturated heterocycles. The smallest absolute Gasteiger partial charge is 0.407 e. The lowest BCUT2D eigenvalue weighted by molar-refractivity contribution is 0.0382. The predicted octanol–water partition coefficient (Wildman–Crippen LogP) is 1.95. The summed E-state index contributed by atoms with van der Waals surface area (Å²) in [6.07, 6.45) is 2.98. The minimum Gasteiger partial charge on any atom is -0.508 e. The van der Waals surface area contributed by atoms with E-state index in [1.807, 2.05) is 0 Å². The number of nitrogens with one attached hydrogen (secondary N) is 2. The van der Waals surface area contributed by atoms with E-state index in [-0.39, 0.29) is 24.7 Å². The standard InChI is InChI=1S/C22H26N4O5/c27-17-5-4-13-9-18(26(22(30)31)12-15(13)8-17)19(28)11-24-21(29)14-6-7-23-20(10-14)25-16-2-1-3-16/h4-8,10,16,18-19,27-28H,1-3,9,11-12H2,(H,23,25)(H,24,29)(H,30,31)/t18-,19?/m0/s1. The second-order valence-electron chi connectivity index (χ2n) is 8.11. The van der Waals surface area contributed by atoms with Gasteiger partial charge in [-0.25, -0.2) is 9.78 Å². The van der Waals surface area contributed by atoms with Crippen molar-refractivity contribution in [3.05, 3.63) is 53.2 Å². The Kier molecular flexibility index (Phi) is 5.94. The number of hydrogen-bond donors (Lipinski definition) is 5. The van der Waals surface area contributed by atoms with Gasteiger partial charge in [0.2, 0.25) is 0 Å². The van der Waals surface area contributed by atoms with Crippen molar-refractivity contribution in [2.45, 2.75) is 50.4 Å². The summed E-state index contributed by atoms with van der Waals surface area (Å²) >= 11 is 0. The maximum absolute atomic E-state index is 12.6. The van der Waals surface area contributed by atoms with Crippen LogP contribution < -0.4 is 10.6 Å². The number of phenolic OH excluding ortho intramolecular Hbond substituents is 1. The minimum atomic E-state index is -1.16. The fourth-order valence-electron chi connectivity index (χ4n) is 4.00. The highest BCUT2D eigenvalue weighted by molar-refractivity contribution is 5.94. The van der Waals surface area contributed by atoms with E-state index in [1.165, 1.54) is 12.5 Å². The van der Waals surface area contributed by atoms with Gasteiger partial charge in [-0.1, -0.05) is 6.07 Å². The first-order chi connectivity index (χ1) is 14.9. The first kappa shape index (κ1) is 20.9. The van der Waals surface area contributed by atoms with Crippen LogP contribution in [0.25, 0.3) is 0 Å². The van der Waals surface area contributed by atoms with Gasteiger partial charge in [0.05, 0.1) is 12.1 Å². The number of aromatic hydroxyl groups is 1. The average Bonchev–Trinajstić information content (AvgIpc) is 2.73. The summed E-state index contributed by atoms with van der Waals surface area (Å²) in [4.78, 5) is 29.7. The summed E-state index contributed by atoms with van der Waals surface area (Å²) in [7, 11) is 0. The highest BCUT2D eigenvalue weighted by Crippen LogP contribution is 2.28. The van der Waals surface area contributed by atoms with Gasteiger partial charge in [0.15, 0.2) is 0 Å². The summed E-state index contributed by atoms with van der Waals surface area (Å²) in [5.41, 5.74) is 1.99. The van der Waals surface area contributed by atoms with Gasteiger partial charge in [0.1, 0.15) is 11.6 Å². The molecule has 2 heterocycles. The van der Waals surface area contributed by atoms with Crippen LogP contribution in [0.15, 0.2) is 36.5 Å². The van der Waals surface area contributed by atoms with E-state index in [0.717, 1.165) is 23.3 Å². The Morgan fingerprint density at radius 2 is 2.00 bits per heavy atom. The number of aliphatic hydroxyl groups excluding tert-OH is 1. The summed E-state index contributed by atoms with van der Waals surface area (Å²) in [6, 6.07) is 7.77. The third kappa shape index (κ3) is 4.72. The average molecular weight is 426 g/mol. The van der Waals surface area contributed by atoms with Gasteiger partial charge in [-0.15, -0.1) is 0 Å². The summed E-state index contributed by atoms with van der Waals surface area (Å²) in [6.45, 7) is -0.0241. The third-order valence-electron chi connectivity index (χ3n) is 6.00. The lowest BCUT2D eigenvalue weighted by Crippen LogP contribution is -2.53. The molecule has 2 aliphatic rings. The molecule has 0 bridgehead atoms. The molecule has 0 radical (unpaired) electrons. The van der Waals surface area contributed by atoms with Crippen LogP contribution in [0, 0.1) is 0 Å². The zero-order valence-corrected chi connectivity index (χ0v) is 17.0. The van der Waals surface area contributed by atoms with Gasteiger partial charge in [0, 0.05) is 30.9 Å². The molecular formula is C22H26N4O5. The molecule has 1 saturated carbocycles. The zero-order chi connectivity index (χ0) is 22.0. The van der Waals surface area contributed by atoms with E-state index in [9.17, 15) is 24.9 Å². The zero-order valence-electron chi connectivity index (χ0n) is 17.0. The van der Waals surface area contributed by atoms with Crippen molar-refractivity contribution in [2.75, 3.05) is 11.9 Å². The number of fused-ring (bicyclic) bond motifs is 1. The highest BCUT2D eigenvalue weighted by Gasteiger charge is 2.34. The number of pyridine rings is 1. The number of carbonyl (C=O) groups excluding carboxylic acids is 1. The Bertz CT molecular complexity index is 978. The Hall–Kier alpha value is -3.33. The number of phenols is 1. The molecule has 9 heteroatoms. The van der Waals surface area contributed by atoms with Crippen LogP contribution >= 0.6 is 0 Å². The van der Waals surface area contributed by atoms with Gasteiger partial charge >= 0.3 is 6.09 Å². The number of aliphatic hydroxyl groups is 1. The minimum absolute atomic E-state index is 0.0648. The first-order valence-corrected chi connectivity index (χ1v) is 10.4. The van der Waals surface area contributed by atoms with E-state index >= 15 is 0 Å². The van der Waals surface area contributed by atoms with Crippen molar-refractivity contribution in [2.24, 2.45) is 0 Å². The van der Waals surface area contributed by atoms with Crippen LogP contribution in [0.3, 0.4) is 0 Å². The third-order valence-corrected chi connectivity index (χ3v) is 6.00. The number of benzene rings is 1. The maximum Gasteiger partial charge on any atom is 0.407 e. The van der Waals surface area contributed by atoms with Crippen molar-refractivity contribution in [3.8, 4) is 5.75 Å². The molecule has 1 fully saturated rings. The normalized spacial score (nSPS) is 19.1. The lowest BCUT2D eigenvalue weighted by atomic mass is 9.91. The topological polar surface area (TPSA) is 135 Å². The molecule has 9 nitrogen and oxygen atoms in total. The van der Waals surface area contributed by atoms with Crippen molar-refractivity contribution in [1.29, 1.82) is 0 Å². The number of nitrogens with zero attached hydrogens (tertiary/aromatic N) is 2. The fourth-order valence-corrected chi connectivity index (χ4v) is 4.00. The second kappa shape index (κ2) is 8.81. The molecule has 1 aromatic carbocycles. The van der Waals surface area contributed by atoms with Crippen LogP contribution in [0.1, 0.15) is 40.7 Å². The molecule has 2 aromatic rings. The predicted molar refractivity (Wildman–Crippen MR) is 113 cm³/mol. The fraction of sp³-hybridized carbons (Fsp3) is 0.409. The molecule has 2 atom stereocenters. The van der Waals surface area contributed by atoms with Crippen molar-refractivity contribution in [3.63, 3.8) is 0 Å². The van der Waals surface area contributed by atoms with E-state index in [4.69, 9.17) is 0 Å². The molecule has 1 unspecified atom stereocenters. The van der Waals surface area contributed by atoms with E-state index in [1.54, 1.807) is 30.5 Å². The Morgan fingerprint density at radius 3 is 2.71 bits per heavy atom. The number of hydrogen-bond acceptors (Lipinski definition) is 6. The largest absolute Gasteiger partial charge is 0.508 e. The van der Waals surface area contributed by atoms with Crippen molar-refractivity contribution >= 4 is 17.8 Å². The second-order valence-corrected chi connectivity index (χ2v) is 8.11. The van der Waals surface area contributed by atoms with Crippen LogP contribution in [0.2, 0.25) is 0 Å². The molecule has 5 N–H and O–H groups in total. The van der Waals surface area contributed by atoms with Crippen LogP contribution in [0.4, 0.5) is 10.6 Å². The highest BCUT2D eigenvalue weighted by atomic mass is 16.4. The van der Waals surface area contributed by atoms with Gasteiger partial charge in [0.25, 0.3) is 5.91 Å². The number of rotatable bonds is 6. The lowest BCUT2D eigenvalue weighted by Gasteiger charge is -2.37. The van der Waals surface area contributed by atoms with Crippen LogP contribution in [-0.4, -0.2) is 61.9 Å². The monoisotopic (exact) mass is 426 g/mol. The summed E-state index contributed by atoms with van der Waals surface area (Å²) < 4.78 is 0. The van der Waals surface area contributed by atoms with Gasteiger partial charge < -0.3 is 26.0 Å². The SMILES string of the molecule is O=C(NCC(O)[C@@H]1Cc2ccc(O)cc2CN1C(=O)O)c1ccnc(NC2CCC2)c1. The molecule has 1 aromatic heterocycles. The molecule has 1 aliphatic carbocycles. The molecular weight excluding hydrogens is 400 g/mol. The number of amides is 2. The first-order valence-electron chi connectivity index (χ1n) is 10.4. The summed E-state index contributed by atoms with van der Waals surface area (Å²) in [5, 5.41) is 35.9. The van der Waals surface area contributed by atoms with Gasteiger partial charge in [-0.3, -0.25) is 9.69 Å². The quantitative estimate of drug-likeness (QED) is 0.476. The molecule has 4 rings (SSSR count). The Morgan fingerprint density at radius 1 is 1.19 bits per heavy atom. The van der Waals surface area contributed by atoms with E-state index < -0.39 is 18.2 Å². The summed E-state index contributed by atoms with van der Waals surface area (Å²) in [5.74, 6) is 0.349. The van der Waals surface area contributed by atoms with Crippen molar-refractivity contribution < 1.29 is 24.9 Å². The van der Waals surface area contributed by atoms with Crippen molar-refractivity contribution in [1.82, 2.24) is 15.2 Å². The molecule has 0 spiro atoms. The number of aromatic nitrogens is 1. The molecule has 164 valence electrons. The van der Waals surface area contributed by atoms with Gasteiger partial charge in [-0.2, -0.15) is 0 Å². The maximum atomic E-state index is 12.6. The molecule has 2 amide bonds. The Balaban J connectivity index is 1.39. The van der Waals surface area contributed by atoms with Crippen LogP contribution in [0.5, 0.6) is 5.75 Å². The van der Waals surface area contributed by atoms with Crippen LogP contribution in [-0.2, 0) is 13.0 Å². The van der Waals surface area contributed by atoms with E-state index in [0.29, 0.717) is 29.4 Å². The number of carbonyl (C=O) groups is 2. The number of anilines is 1. The molecule has 31 heavy (non-hydrogen) atoms. The van der Waals surface area contributed by atoms with E-state index in [2.05, 4.69) is 15.6 Å². The molecule has 1 aliphatic heterocycles. The van der Waals surface area contributed by atoms with Gasteiger partial charge in [-0.05, 0) is 61.1 Å².